The van der Waals surface area contributed by atoms with Crippen LogP contribution in [0.2, 0.25) is 0 Å². The Hall–Kier alpha value is -1.76. The molecule has 0 amide bonds. The van der Waals surface area contributed by atoms with Crippen molar-refractivity contribution in [2.75, 3.05) is 0 Å². The molecule has 1 aromatic carbocycles. The third-order valence-corrected chi connectivity index (χ3v) is 3.09. The number of fused-ring (bicyclic) bond motifs is 1. The average Bonchev–Trinajstić information content (AvgIpc) is 2.95. The first kappa shape index (κ1) is 9.46. The van der Waals surface area contributed by atoms with Crippen molar-refractivity contribution in [1.29, 1.82) is 0 Å². The Morgan fingerprint density at radius 2 is 2.00 bits per heavy atom. The largest absolute Gasteiger partial charge is 0.461 e. The summed E-state index contributed by atoms with van der Waals surface area (Å²) in [5, 5.41) is 0. The molecule has 80 valence electrons. The van der Waals surface area contributed by atoms with Gasteiger partial charge >= 0.3 is 0 Å². The van der Waals surface area contributed by atoms with Gasteiger partial charge in [-0.25, -0.2) is 0 Å². The van der Waals surface area contributed by atoms with E-state index in [9.17, 15) is 0 Å². The lowest BCUT2D eigenvalue weighted by molar-refractivity contribution is 0.503. The SMILES string of the molecule is CCc1ccc(C2=Cc3ccccc3C2)o1. The molecule has 16 heavy (non-hydrogen) atoms. The zero-order valence-electron chi connectivity index (χ0n) is 9.36. The second-order valence-corrected chi connectivity index (χ2v) is 4.16. The Bertz CT molecular complexity index is 546. The van der Waals surface area contributed by atoms with E-state index in [1.165, 1.54) is 16.7 Å². The first-order valence-corrected chi connectivity index (χ1v) is 5.74. The van der Waals surface area contributed by atoms with E-state index in [2.05, 4.69) is 49.4 Å². The predicted molar refractivity (Wildman–Crippen MR) is 66.1 cm³/mol. The number of allylic oxidation sites excluding steroid dienone is 1. The predicted octanol–water partition coefficient (Wildman–Crippen LogP) is 3.94. The van der Waals surface area contributed by atoms with E-state index in [0.717, 1.165) is 24.4 Å². The van der Waals surface area contributed by atoms with Gasteiger partial charge in [-0.2, -0.15) is 0 Å². The van der Waals surface area contributed by atoms with Crippen molar-refractivity contribution in [2.24, 2.45) is 0 Å². The molecule has 0 N–H and O–H groups in total. The lowest BCUT2D eigenvalue weighted by atomic mass is 10.1. The lowest BCUT2D eigenvalue weighted by Gasteiger charge is -1.97. The topological polar surface area (TPSA) is 13.1 Å². The van der Waals surface area contributed by atoms with Crippen molar-refractivity contribution >= 4 is 11.6 Å². The van der Waals surface area contributed by atoms with Gasteiger partial charge in [0.1, 0.15) is 11.5 Å². The van der Waals surface area contributed by atoms with Crippen LogP contribution in [-0.2, 0) is 12.8 Å². The smallest absolute Gasteiger partial charge is 0.130 e. The summed E-state index contributed by atoms with van der Waals surface area (Å²) in [6.45, 7) is 2.11. The van der Waals surface area contributed by atoms with Crippen LogP contribution in [-0.4, -0.2) is 0 Å². The summed E-state index contributed by atoms with van der Waals surface area (Å²) in [7, 11) is 0. The van der Waals surface area contributed by atoms with Crippen LogP contribution < -0.4 is 0 Å². The minimum absolute atomic E-state index is 0.959. The highest BCUT2D eigenvalue weighted by Crippen LogP contribution is 2.32. The normalized spacial score (nSPS) is 13.7. The number of aryl methyl sites for hydroxylation is 1. The molecule has 0 atom stereocenters. The van der Waals surface area contributed by atoms with E-state index < -0.39 is 0 Å². The van der Waals surface area contributed by atoms with Gasteiger partial charge in [0.25, 0.3) is 0 Å². The highest BCUT2D eigenvalue weighted by Gasteiger charge is 2.15. The van der Waals surface area contributed by atoms with E-state index in [4.69, 9.17) is 4.42 Å². The summed E-state index contributed by atoms with van der Waals surface area (Å²) in [6.07, 6.45) is 4.18. The molecule has 0 radical (unpaired) electrons. The second-order valence-electron chi connectivity index (χ2n) is 4.16. The maximum absolute atomic E-state index is 5.78. The Kier molecular flexibility index (Phi) is 2.17. The van der Waals surface area contributed by atoms with Crippen LogP contribution in [0.1, 0.15) is 29.6 Å². The molecular weight excluding hydrogens is 196 g/mol. The van der Waals surface area contributed by atoms with Crippen molar-refractivity contribution in [2.45, 2.75) is 19.8 Å². The van der Waals surface area contributed by atoms with E-state index in [0.29, 0.717) is 0 Å². The molecule has 1 nitrogen and oxygen atoms in total. The van der Waals surface area contributed by atoms with Crippen molar-refractivity contribution in [3.8, 4) is 0 Å². The van der Waals surface area contributed by atoms with Crippen molar-refractivity contribution in [1.82, 2.24) is 0 Å². The van der Waals surface area contributed by atoms with Gasteiger partial charge < -0.3 is 4.42 Å². The second kappa shape index (κ2) is 3.67. The maximum atomic E-state index is 5.78. The van der Waals surface area contributed by atoms with Gasteiger partial charge in [-0.15, -0.1) is 0 Å². The molecule has 3 rings (SSSR count). The van der Waals surface area contributed by atoms with Crippen LogP contribution in [0, 0.1) is 0 Å². The molecule has 0 spiro atoms. The molecular formula is C15H14O. The molecule has 1 heteroatoms. The van der Waals surface area contributed by atoms with Gasteiger partial charge in [-0.3, -0.25) is 0 Å². The number of benzene rings is 1. The molecule has 0 saturated heterocycles. The van der Waals surface area contributed by atoms with Gasteiger partial charge in [0, 0.05) is 12.8 Å². The number of hydrogen-bond donors (Lipinski definition) is 0. The highest BCUT2D eigenvalue weighted by molar-refractivity contribution is 5.86. The van der Waals surface area contributed by atoms with E-state index in [1.54, 1.807) is 0 Å². The quantitative estimate of drug-likeness (QED) is 0.731. The first-order valence-electron chi connectivity index (χ1n) is 5.74. The average molecular weight is 210 g/mol. The molecule has 1 aliphatic rings. The van der Waals surface area contributed by atoms with Crippen molar-refractivity contribution in [3.05, 3.63) is 59.0 Å². The Balaban J connectivity index is 1.95. The summed E-state index contributed by atoms with van der Waals surface area (Å²) in [5.74, 6) is 2.08. The summed E-state index contributed by atoms with van der Waals surface area (Å²) >= 11 is 0. The molecule has 1 aromatic heterocycles. The van der Waals surface area contributed by atoms with Gasteiger partial charge in [-0.05, 0) is 34.9 Å². The Labute approximate surface area is 95.4 Å². The summed E-state index contributed by atoms with van der Waals surface area (Å²) in [4.78, 5) is 0. The Morgan fingerprint density at radius 1 is 1.12 bits per heavy atom. The summed E-state index contributed by atoms with van der Waals surface area (Å²) in [5.41, 5.74) is 4.01. The minimum atomic E-state index is 0.959. The zero-order valence-corrected chi connectivity index (χ0v) is 9.36. The summed E-state index contributed by atoms with van der Waals surface area (Å²) in [6, 6.07) is 12.7. The number of rotatable bonds is 2. The standard InChI is InChI=1S/C15H14O/c1-2-14-7-8-15(16-14)13-9-11-5-3-4-6-12(11)10-13/h3-9H,2,10H2,1H3. The van der Waals surface area contributed by atoms with Gasteiger partial charge in [0.15, 0.2) is 0 Å². The van der Waals surface area contributed by atoms with Gasteiger partial charge in [0.2, 0.25) is 0 Å². The minimum Gasteiger partial charge on any atom is -0.461 e. The molecule has 2 aromatic rings. The number of hydrogen-bond acceptors (Lipinski definition) is 1. The van der Waals surface area contributed by atoms with Crippen molar-refractivity contribution < 1.29 is 4.42 Å². The fourth-order valence-electron chi connectivity index (χ4n) is 2.18. The van der Waals surface area contributed by atoms with Crippen LogP contribution in [0.15, 0.2) is 40.8 Å². The van der Waals surface area contributed by atoms with E-state index in [-0.39, 0.29) is 0 Å². The fraction of sp³-hybridized carbons (Fsp3) is 0.200. The molecule has 0 saturated carbocycles. The van der Waals surface area contributed by atoms with Crippen LogP contribution >= 0.6 is 0 Å². The molecule has 1 aliphatic carbocycles. The first-order chi connectivity index (χ1) is 7.86. The van der Waals surface area contributed by atoms with Crippen LogP contribution in [0.25, 0.3) is 11.6 Å². The highest BCUT2D eigenvalue weighted by atomic mass is 16.3. The van der Waals surface area contributed by atoms with Gasteiger partial charge in [-0.1, -0.05) is 31.2 Å². The maximum Gasteiger partial charge on any atom is 0.130 e. The third kappa shape index (κ3) is 1.49. The van der Waals surface area contributed by atoms with Crippen LogP contribution in [0.3, 0.4) is 0 Å². The van der Waals surface area contributed by atoms with Crippen molar-refractivity contribution in [3.63, 3.8) is 0 Å². The monoisotopic (exact) mass is 210 g/mol. The molecule has 0 aliphatic heterocycles. The molecule has 0 unspecified atom stereocenters. The lowest BCUT2D eigenvalue weighted by Crippen LogP contribution is -1.82. The van der Waals surface area contributed by atoms with Crippen LogP contribution in [0.5, 0.6) is 0 Å². The number of furan rings is 1. The summed E-state index contributed by atoms with van der Waals surface area (Å²) < 4.78 is 5.78. The third-order valence-electron chi connectivity index (χ3n) is 3.09. The van der Waals surface area contributed by atoms with Gasteiger partial charge in [0.05, 0.1) is 0 Å². The molecule has 0 bridgehead atoms. The Morgan fingerprint density at radius 3 is 2.75 bits per heavy atom. The van der Waals surface area contributed by atoms with Crippen LogP contribution in [0.4, 0.5) is 0 Å². The fourth-order valence-corrected chi connectivity index (χ4v) is 2.18. The molecule has 1 heterocycles. The van der Waals surface area contributed by atoms with E-state index >= 15 is 0 Å². The zero-order chi connectivity index (χ0) is 11.0. The van der Waals surface area contributed by atoms with E-state index in [1.807, 2.05) is 0 Å². The molecule has 0 fully saturated rings.